The molecule has 0 fully saturated rings. The molecule has 0 atom stereocenters. The van der Waals surface area contributed by atoms with E-state index in [-0.39, 0.29) is 11.4 Å². The van der Waals surface area contributed by atoms with Crippen molar-refractivity contribution < 1.29 is 9.92 Å². The van der Waals surface area contributed by atoms with Gasteiger partial charge in [-0.2, -0.15) is 5.11 Å². The highest BCUT2D eigenvalue weighted by atomic mass is 17.0. The Morgan fingerprint density at radius 1 is 1.50 bits per heavy atom. The van der Waals surface area contributed by atoms with Crippen LogP contribution < -0.4 is 4.84 Å². The topological polar surface area (TPSA) is 88.6 Å². The first-order chi connectivity index (χ1) is 5.74. The van der Waals surface area contributed by atoms with E-state index >= 15 is 0 Å². The van der Waals surface area contributed by atoms with Crippen LogP contribution in [-0.2, 0) is 0 Å². The summed E-state index contributed by atoms with van der Waals surface area (Å²) in [6.45, 7) is 0. The number of nitrogens with zero attached hydrogens (tertiary/aromatic N) is 2. The van der Waals surface area contributed by atoms with Crippen LogP contribution in [0.5, 0.6) is 5.75 Å². The maximum Gasteiger partial charge on any atom is 0.299 e. The molecule has 0 aliphatic rings. The van der Waals surface area contributed by atoms with E-state index in [1.807, 2.05) is 0 Å². The lowest BCUT2D eigenvalue weighted by Gasteiger charge is -1.99. The van der Waals surface area contributed by atoms with E-state index < -0.39 is 5.09 Å². The molecule has 0 bridgehead atoms. The van der Waals surface area contributed by atoms with Crippen LogP contribution in [0.2, 0.25) is 0 Å². The molecule has 0 radical (unpaired) electrons. The van der Waals surface area contributed by atoms with E-state index in [0.29, 0.717) is 0 Å². The van der Waals surface area contributed by atoms with Gasteiger partial charge in [0.05, 0.1) is 0 Å². The Hall–Kier alpha value is -1.98. The minimum atomic E-state index is -0.940. The molecule has 1 N–H and O–H groups in total. The molecule has 0 saturated carbocycles. The second kappa shape index (κ2) is 3.42. The standard InChI is InChI=1S/C6H5N3O3/c7-8-5-3-1-2-4-6(5)12-9(10)11/h1-4,7H. The van der Waals surface area contributed by atoms with Gasteiger partial charge in [-0.15, -0.1) is 10.1 Å². The molecule has 1 aromatic carbocycles. The van der Waals surface area contributed by atoms with Gasteiger partial charge in [0.1, 0.15) is 5.69 Å². The third-order valence-electron chi connectivity index (χ3n) is 1.16. The zero-order valence-corrected chi connectivity index (χ0v) is 5.93. The normalized spacial score (nSPS) is 9.00. The SMILES string of the molecule is N=Nc1ccccc1O[N+](=O)[O-]. The molecule has 1 rings (SSSR count). The molecule has 0 spiro atoms. The van der Waals surface area contributed by atoms with Crippen molar-refractivity contribution in [1.29, 1.82) is 5.53 Å². The van der Waals surface area contributed by atoms with E-state index in [4.69, 9.17) is 5.53 Å². The Kier molecular flexibility index (Phi) is 2.32. The molecular formula is C6H5N3O3. The fourth-order valence-electron chi connectivity index (χ4n) is 0.707. The van der Waals surface area contributed by atoms with Crippen molar-refractivity contribution in [2.75, 3.05) is 0 Å². The lowest BCUT2D eigenvalue weighted by atomic mass is 10.3. The third kappa shape index (κ3) is 1.75. The van der Waals surface area contributed by atoms with Gasteiger partial charge in [0.25, 0.3) is 5.09 Å². The first-order valence-electron chi connectivity index (χ1n) is 3.03. The summed E-state index contributed by atoms with van der Waals surface area (Å²) in [7, 11) is 0. The Morgan fingerprint density at radius 3 is 2.75 bits per heavy atom. The maximum absolute atomic E-state index is 9.92. The van der Waals surface area contributed by atoms with Crippen molar-refractivity contribution in [2.45, 2.75) is 0 Å². The average molecular weight is 167 g/mol. The molecular weight excluding hydrogens is 162 g/mol. The number of para-hydroxylation sites is 2. The Labute approximate surface area is 67.4 Å². The second-order valence-corrected chi connectivity index (χ2v) is 1.89. The smallest absolute Gasteiger partial charge is 0.274 e. The highest BCUT2D eigenvalue weighted by molar-refractivity contribution is 5.49. The van der Waals surface area contributed by atoms with Crippen molar-refractivity contribution in [3.8, 4) is 5.75 Å². The minimum absolute atomic E-state index is 0.0301. The van der Waals surface area contributed by atoms with Crippen molar-refractivity contribution in [2.24, 2.45) is 5.11 Å². The van der Waals surface area contributed by atoms with E-state index in [1.165, 1.54) is 12.1 Å². The number of nitrogens with one attached hydrogen (secondary N) is 1. The Balaban J connectivity index is 2.96. The summed E-state index contributed by atoms with van der Waals surface area (Å²) in [6, 6.07) is 6.00. The summed E-state index contributed by atoms with van der Waals surface area (Å²) in [5, 5.41) is 12.0. The Morgan fingerprint density at radius 2 is 2.17 bits per heavy atom. The molecule has 62 valence electrons. The van der Waals surface area contributed by atoms with Crippen LogP contribution in [0.15, 0.2) is 29.4 Å². The monoisotopic (exact) mass is 167 g/mol. The van der Waals surface area contributed by atoms with Crippen LogP contribution in [0, 0.1) is 15.6 Å². The molecule has 0 aliphatic carbocycles. The predicted octanol–water partition coefficient (Wildman–Crippen LogP) is 1.92. The average Bonchev–Trinajstić information content (AvgIpc) is 2.04. The molecule has 6 nitrogen and oxygen atoms in total. The van der Waals surface area contributed by atoms with E-state index in [9.17, 15) is 10.1 Å². The van der Waals surface area contributed by atoms with Gasteiger partial charge in [-0.1, -0.05) is 12.1 Å². The zero-order chi connectivity index (χ0) is 8.97. The van der Waals surface area contributed by atoms with E-state index in [0.717, 1.165) is 0 Å². The molecule has 0 aromatic heterocycles. The van der Waals surface area contributed by atoms with Gasteiger partial charge in [-0.05, 0) is 12.1 Å². The summed E-state index contributed by atoms with van der Waals surface area (Å²) in [4.78, 5) is 14.1. The largest absolute Gasteiger partial charge is 0.299 e. The number of hydrogen-bond acceptors (Lipinski definition) is 5. The molecule has 0 amide bonds. The molecule has 0 aliphatic heterocycles. The van der Waals surface area contributed by atoms with Gasteiger partial charge in [0, 0.05) is 0 Å². The lowest BCUT2D eigenvalue weighted by Crippen LogP contribution is -2.03. The number of rotatable bonds is 3. The molecule has 0 heterocycles. The lowest BCUT2D eigenvalue weighted by molar-refractivity contribution is -0.710. The molecule has 12 heavy (non-hydrogen) atoms. The molecule has 0 unspecified atom stereocenters. The summed E-state index contributed by atoms with van der Waals surface area (Å²) in [5.41, 5.74) is 6.78. The Bertz CT molecular complexity index is 313. The van der Waals surface area contributed by atoms with Gasteiger partial charge in [-0.3, -0.25) is 4.84 Å². The molecule has 0 saturated heterocycles. The zero-order valence-electron chi connectivity index (χ0n) is 5.93. The van der Waals surface area contributed by atoms with Crippen LogP contribution >= 0.6 is 0 Å². The molecule has 6 heteroatoms. The maximum atomic E-state index is 9.92. The number of hydrogen-bond donors (Lipinski definition) is 1. The predicted molar refractivity (Wildman–Crippen MR) is 38.9 cm³/mol. The van der Waals surface area contributed by atoms with Crippen LogP contribution in [0.3, 0.4) is 0 Å². The number of benzene rings is 1. The first-order valence-corrected chi connectivity index (χ1v) is 3.03. The van der Waals surface area contributed by atoms with Crippen LogP contribution in [0.4, 0.5) is 5.69 Å². The van der Waals surface area contributed by atoms with Crippen molar-refractivity contribution >= 4 is 5.69 Å². The van der Waals surface area contributed by atoms with Crippen LogP contribution in [-0.4, -0.2) is 5.09 Å². The third-order valence-corrected chi connectivity index (χ3v) is 1.16. The van der Waals surface area contributed by atoms with E-state index in [2.05, 4.69) is 9.95 Å². The van der Waals surface area contributed by atoms with Crippen molar-refractivity contribution in [1.82, 2.24) is 0 Å². The van der Waals surface area contributed by atoms with Crippen molar-refractivity contribution in [3.05, 3.63) is 34.4 Å². The van der Waals surface area contributed by atoms with Gasteiger partial charge < -0.3 is 0 Å². The fourth-order valence-corrected chi connectivity index (χ4v) is 0.707. The summed E-state index contributed by atoms with van der Waals surface area (Å²) >= 11 is 0. The van der Waals surface area contributed by atoms with E-state index in [1.54, 1.807) is 12.1 Å². The van der Waals surface area contributed by atoms with Crippen LogP contribution in [0.25, 0.3) is 0 Å². The quantitative estimate of drug-likeness (QED) is 0.423. The summed E-state index contributed by atoms with van der Waals surface area (Å²) in [5.74, 6) is -0.0301. The second-order valence-electron chi connectivity index (χ2n) is 1.89. The van der Waals surface area contributed by atoms with Gasteiger partial charge in [0.15, 0.2) is 5.75 Å². The highest BCUT2D eigenvalue weighted by Crippen LogP contribution is 2.25. The first kappa shape index (κ1) is 8.12. The minimum Gasteiger partial charge on any atom is -0.274 e. The summed E-state index contributed by atoms with van der Waals surface area (Å²) < 4.78 is 0. The van der Waals surface area contributed by atoms with Gasteiger partial charge in [-0.25, -0.2) is 5.53 Å². The van der Waals surface area contributed by atoms with Crippen LogP contribution in [0.1, 0.15) is 0 Å². The summed E-state index contributed by atoms with van der Waals surface area (Å²) in [6.07, 6.45) is 0. The van der Waals surface area contributed by atoms with Crippen molar-refractivity contribution in [3.63, 3.8) is 0 Å². The van der Waals surface area contributed by atoms with Gasteiger partial charge >= 0.3 is 0 Å². The highest BCUT2D eigenvalue weighted by Gasteiger charge is 2.03. The molecule has 1 aromatic rings. The van der Waals surface area contributed by atoms with Gasteiger partial charge in [0.2, 0.25) is 0 Å². The fraction of sp³-hybridized carbons (Fsp3) is 0.